The lowest BCUT2D eigenvalue weighted by Crippen LogP contribution is -2.38. The highest BCUT2D eigenvalue weighted by atomic mass is 19.4. The number of primary amides is 1. The molecule has 0 saturated carbocycles. The van der Waals surface area contributed by atoms with E-state index in [1.807, 2.05) is 18.2 Å². The molecule has 3 aromatic rings. The number of ether oxygens (including phenoxy) is 1. The lowest BCUT2D eigenvalue weighted by Gasteiger charge is -2.33. The molecule has 4 rings (SSSR count). The molecule has 9 heteroatoms. The van der Waals surface area contributed by atoms with Crippen molar-refractivity contribution in [2.45, 2.75) is 19.0 Å². The normalized spacial score (nSPS) is 14.4. The van der Waals surface area contributed by atoms with E-state index in [2.05, 4.69) is 10.2 Å². The summed E-state index contributed by atoms with van der Waals surface area (Å²) in [5.41, 5.74) is 6.34. The fraction of sp³-hybridized carbons (Fsp3) is 0.231. The number of amides is 2. The Morgan fingerprint density at radius 2 is 1.57 bits per heavy atom. The molecule has 1 saturated heterocycles. The number of nitrogens with zero attached hydrogens (tertiary/aromatic N) is 1. The number of benzene rings is 3. The van der Waals surface area contributed by atoms with Gasteiger partial charge in [0.2, 0.25) is 5.91 Å². The molecule has 0 aromatic heterocycles. The van der Waals surface area contributed by atoms with Crippen LogP contribution in [0.3, 0.4) is 0 Å². The SMILES string of the molecule is NC(=O)C1CCN(c2ccccc2NC(=O)c2cccc(Oc3cccc(C(F)(F)F)c3)c2)CC1. The Morgan fingerprint density at radius 3 is 2.26 bits per heavy atom. The first kappa shape index (κ1) is 24.1. The van der Waals surface area contributed by atoms with Gasteiger partial charge in [-0.15, -0.1) is 0 Å². The van der Waals surface area contributed by atoms with E-state index in [-0.39, 0.29) is 34.8 Å². The highest BCUT2D eigenvalue weighted by molar-refractivity contribution is 6.06. The molecule has 1 aliphatic rings. The van der Waals surface area contributed by atoms with Crippen molar-refractivity contribution < 1.29 is 27.5 Å². The minimum Gasteiger partial charge on any atom is -0.457 e. The second-order valence-electron chi connectivity index (χ2n) is 8.29. The van der Waals surface area contributed by atoms with Crippen LogP contribution in [0.1, 0.15) is 28.8 Å². The van der Waals surface area contributed by atoms with Crippen LogP contribution < -0.4 is 20.7 Å². The van der Waals surface area contributed by atoms with Gasteiger partial charge in [0.15, 0.2) is 0 Å². The highest BCUT2D eigenvalue weighted by Crippen LogP contribution is 2.33. The lowest BCUT2D eigenvalue weighted by atomic mass is 9.96. The van der Waals surface area contributed by atoms with Crippen LogP contribution in [0.15, 0.2) is 72.8 Å². The van der Waals surface area contributed by atoms with Crippen LogP contribution in [0.25, 0.3) is 0 Å². The molecule has 0 spiro atoms. The standard InChI is InChI=1S/C26H24F3N3O3/c27-26(28,29)19-6-4-8-21(16-19)35-20-7-3-5-18(15-20)25(34)31-22-9-1-2-10-23(22)32-13-11-17(12-14-32)24(30)33/h1-10,15-17H,11-14H2,(H2,30,33)(H,31,34). The molecule has 1 heterocycles. The first-order valence-corrected chi connectivity index (χ1v) is 11.1. The van der Waals surface area contributed by atoms with Gasteiger partial charge in [-0.3, -0.25) is 9.59 Å². The number of hydrogen-bond acceptors (Lipinski definition) is 4. The maximum Gasteiger partial charge on any atom is 0.416 e. The van der Waals surface area contributed by atoms with Crippen LogP contribution in [0.5, 0.6) is 11.5 Å². The van der Waals surface area contributed by atoms with Gasteiger partial charge in [0.05, 0.1) is 16.9 Å². The number of nitrogens with two attached hydrogens (primary N) is 1. The van der Waals surface area contributed by atoms with Crippen LogP contribution in [-0.4, -0.2) is 24.9 Å². The van der Waals surface area contributed by atoms with Crippen LogP contribution in [-0.2, 0) is 11.0 Å². The summed E-state index contributed by atoms with van der Waals surface area (Å²) >= 11 is 0. The van der Waals surface area contributed by atoms with Gasteiger partial charge >= 0.3 is 6.18 Å². The second-order valence-corrected chi connectivity index (χ2v) is 8.29. The Labute approximate surface area is 200 Å². The summed E-state index contributed by atoms with van der Waals surface area (Å²) < 4.78 is 44.5. The lowest BCUT2D eigenvalue weighted by molar-refractivity contribution is -0.137. The van der Waals surface area contributed by atoms with E-state index in [1.54, 1.807) is 24.3 Å². The van der Waals surface area contributed by atoms with Gasteiger partial charge in [-0.1, -0.05) is 24.3 Å². The molecular formula is C26H24F3N3O3. The van der Waals surface area contributed by atoms with E-state index in [9.17, 15) is 22.8 Å². The number of hydrogen-bond donors (Lipinski definition) is 2. The van der Waals surface area contributed by atoms with Gasteiger partial charge < -0.3 is 20.7 Å². The molecule has 35 heavy (non-hydrogen) atoms. The summed E-state index contributed by atoms with van der Waals surface area (Å²) in [6.45, 7) is 1.28. The molecule has 1 aliphatic heterocycles. The summed E-state index contributed by atoms with van der Waals surface area (Å²) in [6, 6.07) is 18.1. The van der Waals surface area contributed by atoms with E-state index >= 15 is 0 Å². The fourth-order valence-electron chi connectivity index (χ4n) is 4.03. The number of rotatable bonds is 6. The zero-order valence-corrected chi connectivity index (χ0v) is 18.7. The first-order chi connectivity index (χ1) is 16.7. The summed E-state index contributed by atoms with van der Waals surface area (Å²) in [7, 11) is 0. The molecule has 0 bridgehead atoms. The van der Waals surface area contributed by atoms with Gasteiger partial charge in [0, 0.05) is 24.6 Å². The minimum atomic E-state index is -4.48. The van der Waals surface area contributed by atoms with Crippen LogP contribution >= 0.6 is 0 Å². The van der Waals surface area contributed by atoms with E-state index < -0.39 is 11.7 Å². The molecule has 0 unspecified atom stereocenters. The quantitative estimate of drug-likeness (QED) is 0.488. The van der Waals surface area contributed by atoms with Crippen molar-refractivity contribution in [2.75, 3.05) is 23.3 Å². The maximum atomic E-state index is 13.0. The van der Waals surface area contributed by atoms with Crippen molar-refractivity contribution in [1.29, 1.82) is 0 Å². The molecule has 6 nitrogen and oxygen atoms in total. The smallest absolute Gasteiger partial charge is 0.416 e. The third-order valence-electron chi connectivity index (χ3n) is 5.88. The van der Waals surface area contributed by atoms with E-state index in [1.165, 1.54) is 18.2 Å². The van der Waals surface area contributed by atoms with Gasteiger partial charge in [-0.05, 0) is 61.4 Å². The summed E-state index contributed by atoms with van der Waals surface area (Å²) in [5.74, 6) is -0.578. The number of carbonyl (C=O) groups excluding carboxylic acids is 2. The average Bonchev–Trinajstić information content (AvgIpc) is 2.84. The van der Waals surface area contributed by atoms with E-state index in [0.717, 1.165) is 17.8 Å². The van der Waals surface area contributed by atoms with Crippen LogP contribution in [0.2, 0.25) is 0 Å². The van der Waals surface area contributed by atoms with Gasteiger partial charge in [-0.25, -0.2) is 0 Å². The van der Waals surface area contributed by atoms with Crippen molar-refractivity contribution in [2.24, 2.45) is 11.7 Å². The Morgan fingerprint density at radius 1 is 0.914 bits per heavy atom. The van der Waals surface area contributed by atoms with Crippen LogP contribution in [0, 0.1) is 5.92 Å². The highest BCUT2D eigenvalue weighted by Gasteiger charge is 2.30. The minimum absolute atomic E-state index is 0.0158. The Kier molecular flexibility index (Phi) is 6.95. The molecule has 2 amide bonds. The maximum absolute atomic E-state index is 13.0. The topological polar surface area (TPSA) is 84.7 Å². The van der Waals surface area contributed by atoms with Crippen molar-refractivity contribution in [3.63, 3.8) is 0 Å². The summed E-state index contributed by atoms with van der Waals surface area (Å²) in [5, 5.41) is 2.90. The van der Waals surface area contributed by atoms with Gasteiger partial charge in [0.25, 0.3) is 5.91 Å². The number of nitrogens with one attached hydrogen (secondary N) is 1. The zero-order valence-electron chi connectivity index (χ0n) is 18.7. The van der Waals surface area contributed by atoms with Gasteiger partial charge in [0.1, 0.15) is 11.5 Å². The second kappa shape index (κ2) is 10.1. The molecule has 0 aliphatic carbocycles. The predicted octanol–water partition coefficient (Wildman–Crippen LogP) is 5.45. The number of carbonyl (C=O) groups is 2. The Balaban J connectivity index is 1.47. The number of alkyl halides is 3. The molecular weight excluding hydrogens is 459 g/mol. The summed E-state index contributed by atoms with van der Waals surface area (Å²) in [6.07, 6.45) is -3.19. The number of anilines is 2. The molecule has 0 radical (unpaired) electrons. The number of para-hydroxylation sites is 2. The van der Waals surface area contributed by atoms with Crippen molar-refractivity contribution in [3.8, 4) is 11.5 Å². The average molecular weight is 483 g/mol. The summed E-state index contributed by atoms with van der Waals surface area (Å²) in [4.78, 5) is 26.5. The molecule has 182 valence electrons. The molecule has 0 atom stereocenters. The van der Waals surface area contributed by atoms with Crippen molar-refractivity contribution in [3.05, 3.63) is 83.9 Å². The fourth-order valence-corrected chi connectivity index (χ4v) is 4.03. The third-order valence-corrected chi connectivity index (χ3v) is 5.88. The van der Waals surface area contributed by atoms with Crippen LogP contribution in [0.4, 0.5) is 24.5 Å². The molecule has 1 fully saturated rings. The largest absolute Gasteiger partial charge is 0.457 e. The monoisotopic (exact) mass is 483 g/mol. The van der Waals surface area contributed by atoms with E-state index in [0.29, 0.717) is 31.6 Å². The van der Waals surface area contributed by atoms with Gasteiger partial charge in [-0.2, -0.15) is 13.2 Å². The predicted molar refractivity (Wildman–Crippen MR) is 126 cm³/mol. The zero-order chi connectivity index (χ0) is 25.0. The Hall–Kier alpha value is -4.01. The molecule has 3 aromatic carbocycles. The van der Waals surface area contributed by atoms with E-state index in [4.69, 9.17) is 10.5 Å². The molecule has 3 N–H and O–H groups in total. The Bertz CT molecular complexity index is 1220. The van der Waals surface area contributed by atoms with Crippen molar-refractivity contribution >= 4 is 23.2 Å². The third kappa shape index (κ3) is 5.92. The number of halogens is 3. The van der Waals surface area contributed by atoms with Crippen molar-refractivity contribution in [1.82, 2.24) is 0 Å². The first-order valence-electron chi connectivity index (χ1n) is 11.1. The number of piperidine rings is 1.